The molecule has 4 aromatic rings. The molecule has 0 atom stereocenters. The van der Waals surface area contributed by atoms with Crippen LogP contribution in [-0.4, -0.2) is 39.8 Å². The number of pyridine rings is 1. The number of ether oxygens (including phenoxy) is 1. The first kappa shape index (κ1) is 22.1. The van der Waals surface area contributed by atoms with Crippen molar-refractivity contribution in [2.24, 2.45) is 5.73 Å². The molecule has 9 heteroatoms. The van der Waals surface area contributed by atoms with Crippen LogP contribution in [0.3, 0.4) is 0 Å². The van der Waals surface area contributed by atoms with E-state index in [1.165, 1.54) is 4.68 Å². The van der Waals surface area contributed by atoms with Crippen LogP contribution >= 0.6 is 0 Å². The molecule has 0 radical (unpaired) electrons. The smallest absolute Gasteiger partial charge is 0.277 e. The number of fused-ring (bicyclic) bond motifs is 1. The largest absolute Gasteiger partial charge is 0.497 e. The van der Waals surface area contributed by atoms with Gasteiger partial charge in [0, 0.05) is 35.7 Å². The van der Waals surface area contributed by atoms with Crippen molar-refractivity contribution in [1.82, 2.24) is 14.3 Å². The standard InChI is InChI=1S/C26H23N5O4/c1-16-11-13-29(22(32)15-16)17-3-5-18(6-4-17)30-14-12-21-23(25(27)33)28-31(24(21)26(30)34)19-7-9-20(35-2)10-8-19/h3-11,13,15H,12,14H2,1-2H3,(H2,27,33). The van der Waals surface area contributed by atoms with Crippen LogP contribution in [0.4, 0.5) is 5.69 Å². The number of hydrogen-bond donors (Lipinski definition) is 1. The summed E-state index contributed by atoms with van der Waals surface area (Å²) in [5.41, 5.74) is 9.25. The van der Waals surface area contributed by atoms with Crippen LogP contribution in [0.1, 0.15) is 32.1 Å². The third-order valence-corrected chi connectivity index (χ3v) is 6.08. The Morgan fingerprint density at radius 2 is 1.63 bits per heavy atom. The number of carbonyl (C=O) groups excluding carboxylic acids is 2. The van der Waals surface area contributed by atoms with Crippen molar-refractivity contribution in [2.75, 3.05) is 18.6 Å². The second kappa shape index (κ2) is 8.60. The van der Waals surface area contributed by atoms with Crippen LogP contribution < -0.4 is 20.9 Å². The number of benzene rings is 2. The van der Waals surface area contributed by atoms with E-state index in [1.807, 2.05) is 13.0 Å². The fourth-order valence-corrected chi connectivity index (χ4v) is 4.30. The molecule has 0 fully saturated rings. The van der Waals surface area contributed by atoms with Gasteiger partial charge in [-0.05, 0) is 73.5 Å². The maximum Gasteiger partial charge on any atom is 0.277 e. The maximum atomic E-state index is 13.6. The highest BCUT2D eigenvalue weighted by molar-refractivity contribution is 6.09. The van der Waals surface area contributed by atoms with E-state index in [-0.39, 0.29) is 17.2 Å². The molecule has 2 amide bonds. The summed E-state index contributed by atoms with van der Waals surface area (Å²) in [5.74, 6) is -0.310. The Kier molecular flexibility index (Phi) is 5.44. The molecule has 0 saturated heterocycles. The summed E-state index contributed by atoms with van der Waals surface area (Å²) in [6, 6.07) is 17.7. The zero-order valence-corrected chi connectivity index (χ0v) is 19.3. The number of nitrogens with two attached hydrogens (primary N) is 1. The van der Waals surface area contributed by atoms with Gasteiger partial charge in [-0.15, -0.1) is 0 Å². The van der Waals surface area contributed by atoms with E-state index in [0.717, 1.165) is 5.56 Å². The number of methoxy groups -OCH3 is 1. The predicted octanol–water partition coefficient (Wildman–Crippen LogP) is 2.64. The summed E-state index contributed by atoms with van der Waals surface area (Å²) in [7, 11) is 1.57. The van der Waals surface area contributed by atoms with Crippen LogP contribution in [0.5, 0.6) is 5.75 Å². The lowest BCUT2D eigenvalue weighted by atomic mass is 10.0. The lowest BCUT2D eigenvalue weighted by Crippen LogP contribution is -2.39. The van der Waals surface area contributed by atoms with Crippen LogP contribution in [-0.2, 0) is 6.42 Å². The topological polar surface area (TPSA) is 112 Å². The molecule has 2 aromatic heterocycles. The number of primary amides is 1. The molecule has 2 aromatic carbocycles. The molecule has 5 rings (SSSR count). The Labute approximate surface area is 201 Å². The summed E-state index contributed by atoms with van der Waals surface area (Å²) < 4.78 is 8.22. The van der Waals surface area contributed by atoms with Gasteiger partial charge in [0.2, 0.25) is 0 Å². The van der Waals surface area contributed by atoms with Gasteiger partial charge in [0.1, 0.15) is 11.4 Å². The van der Waals surface area contributed by atoms with E-state index >= 15 is 0 Å². The molecule has 1 aliphatic rings. The molecular formula is C26H23N5O4. The van der Waals surface area contributed by atoms with E-state index in [2.05, 4.69) is 5.10 Å². The van der Waals surface area contributed by atoms with Gasteiger partial charge in [-0.2, -0.15) is 5.10 Å². The van der Waals surface area contributed by atoms with E-state index < -0.39 is 5.91 Å². The van der Waals surface area contributed by atoms with Crippen LogP contribution in [0.2, 0.25) is 0 Å². The van der Waals surface area contributed by atoms with Crippen molar-refractivity contribution >= 4 is 17.5 Å². The minimum Gasteiger partial charge on any atom is -0.497 e. The van der Waals surface area contributed by atoms with Gasteiger partial charge in [-0.3, -0.25) is 19.0 Å². The fraction of sp³-hybridized carbons (Fsp3) is 0.154. The van der Waals surface area contributed by atoms with E-state index in [0.29, 0.717) is 47.0 Å². The van der Waals surface area contributed by atoms with Gasteiger partial charge in [-0.25, -0.2) is 4.68 Å². The fourth-order valence-electron chi connectivity index (χ4n) is 4.30. The summed E-state index contributed by atoms with van der Waals surface area (Å²) in [6.45, 7) is 2.23. The Balaban J connectivity index is 1.52. The van der Waals surface area contributed by atoms with Crippen LogP contribution in [0.15, 0.2) is 71.7 Å². The van der Waals surface area contributed by atoms with Crippen molar-refractivity contribution in [2.45, 2.75) is 13.3 Å². The molecule has 176 valence electrons. The summed E-state index contributed by atoms with van der Waals surface area (Å²) in [5, 5.41) is 4.38. The normalized spacial score (nSPS) is 13.0. The number of carbonyl (C=O) groups is 2. The number of aromatic nitrogens is 3. The lowest BCUT2D eigenvalue weighted by molar-refractivity contribution is 0.0972. The zero-order valence-electron chi connectivity index (χ0n) is 19.3. The van der Waals surface area contributed by atoms with Gasteiger partial charge >= 0.3 is 0 Å². The van der Waals surface area contributed by atoms with Crippen molar-refractivity contribution in [3.8, 4) is 17.1 Å². The minimum absolute atomic E-state index is 0.0953. The van der Waals surface area contributed by atoms with Crippen molar-refractivity contribution in [3.63, 3.8) is 0 Å². The number of anilines is 1. The van der Waals surface area contributed by atoms with E-state index in [1.54, 1.807) is 77.4 Å². The number of amides is 2. The number of aryl methyl sites for hydroxylation is 1. The number of hydrogen-bond acceptors (Lipinski definition) is 5. The Morgan fingerprint density at radius 1 is 0.971 bits per heavy atom. The molecule has 0 aliphatic carbocycles. The quantitative estimate of drug-likeness (QED) is 0.483. The average Bonchev–Trinajstić information content (AvgIpc) is 3.26. The van der Waals surface area contributed by atoms with Crippen molar-refractivity contribution in [1.29, 1.82) is 0 Å². The highest BCUT2D eigenvalue weighted by atomic mass is 16.5. The third-order valence-electron chi connectivity index (χ3n) is 6.08. The summed E-state index contributed by atoms with van der Waals surface area (Å²) in [4.78, 5) is 39.7. The van der Waals surface area contributed by atoms with Gasteiger partial charge in [0.25, 0.3) is 17.4 Å². The van der Waals surface area contributed by atoms with Crippen LogP contribution in [0, 0.1) is 6.92 Å². The van der Waals surface area contributed by atoms with Gasteiger partial charge in [0.15, 0.2) is 5.69 Å². The minimum atomic E-state index is -0.678. The average molecular weight is 470 g/mol. The molecule has 0 bridgehead atoms. The molecule has 0 spiro atoms. The maximum absolute atomic E-state index is 13.6. The van der Waals surface area contributed by atoms with Gasteiger partial charge in [-0.1, -0.05) is 0 Å². The van der Waals surface area contributed by atoms with Gasteiger partial charge < -0.3 is 15.4 Å². The van der Waals surface area contributed by atoms with Crippen LogP contribution in [0.25, 0.3) is 11.4 Å². The SMILES string of the molecule is COc1ccc(-n2nc(C(N)=O)c3c2C(=O)N(c2ccc(-n4ccc(C)cc4=O)cc2)CC3)cc1. The zero-order chi connectivity index (χ0) is 24.7. The third kappa shape index (κ3) is 3.86. The second-order valence-corrected chi connectivity index (χ2v) is 8.29. The second-order valence-electron chi connectivity index (χ2n) is 8.29. The molecule has 0 unspecified atom stereocenters. The monoisotopic (exact) mass is 469 g/mol. The summed E-state index contributed by atoms with van der Waals surface area (Å²) in [6.07, 6.45) is 2.15. The first-order chi connectivity index (χ1) is 16.9. The Hall–Kier alpha value is -4.66. The molecule has 9 nitrogen and oxygen atoms in total. The predicted molar refractivity (Wildman–Crippen MR) is 131 cm³/mol. The number of nitrogens with zero attached hydrogens (tertiary/aromatic N) is 4. The van der Waals surface area contributed by atoms with Crippen molar-refractivity contribution in [3.05, 3.63) is 99.7 Å². The van der Waals surface area contributed by atoms with Gasteiger partial charge in [0.05, 0.1) is 12.8 Å². The lowest BCUT2D eigenvalue weighted by Gasteiger charge is -2.28. The first-order valence-electron chi connectivity index (χ1n) is 11.0. The molecular weight excluding hydrogens is 446 g/mol. The highest BCUT2D eigenvalue weighted by Gasteiger charge is 2.34. The number of rotatable bonds is 5. The molecule has 0 saturated carbocycles. The van der Waals surface area contributed by atoms with E-state index in [4.69, 9.17) is 10.5 Å². The van der Waals surface area contributed by atoms with E-state index in [9.17, 15) is 14.4 Å². The first-order valence-corrected chi connectivity index (χ1v) is 11.0. The molecule has 35 heavy (non-hydrogen) atoms. The van der Waals surface area contributed by atoms with Crippen molar-refractivity contribution < 1.29 is 14.3 Å². The molecule has 3 heterocycles. The Bertz CT molecular complexity index is 1500. The molecule has 2 N–H and O–H groups in total. The summed E-state index contributed by atoms with van der Waals surface area (Å²) >= 11 is 0. The molecule has 1 aliphatic heterocycles. The Morgan fingerprint density at radius 3 is 2.26 bits per heavy atom. The highest BCUT2D eigenvalue weighted by Crippen LogP contribution is 2.29.